The van der Waals surface area contributed by atoms with Gasteiger partial charge in [-0.15, -0.1) is 5.10 Å². The number of nitrogens with zero attached hydrogens (tertiary/aromatic N) is 4. The topological polar surface area (TPSA) is 130 Å². The van der Waals surface area contributed by atoms with Crippen LogP contribution < -0.4 is 5.32 Å². The summed E-state index contributed by atoms with van der Waals surface area (Å²) < 4.78 is 1.68. The number of amides is 1. The molecule has 0 aliphatic rings. The summed E-state index contributed by atoms with van der Waals surface area (Å²) in [6.07, 6.45) is 3.34. The maximum Gasteiger partial charge on any atom is 0.356 e. The summed E-state index contributed by atoms with van der Waals surface area (Å²) in [7, 11) is 0. The van der Waals surface area contributed by atoms with E-state index >= 15 is 0 Å². The molecule has 144 valence electrons. The van der Waals surface area contributed by atoms with Gasteiger partial charge < -0.3 is 15.5 Å². The Morgan fingerprint density at radius 2 is 1.83 bits per heavy atom. The van der Waals surface area contributed by atoms with E-state index < -0.39 is 23.5 Å². The van der Waals surface area contributed by atoms with Crippen molar-refractivity contribution < 1.29 is 19.8 Å². The molecule has 2 aromatic heterocycles. The van der Waals surface area contributed by atoms with Crippen molar-refractivity contribution in [1.29, 1.82) is 0 Å². The highest BCUT2D eigenvalue weighted by Gasteiger charge is 2.18. The van der Waals surface area contributed by atoms with Crippen molar-refractivity contribution in [2.45, 2.75) is 6.54 Å². The molecule has 0 atom stereocenters. The van der Waals surface area contributed by atoms with Crippen molar-refractivity contribution in [2.75, 3.05) is 5.32 Å². The van der Waals surface area contributed by atoms with Gasteiger partial charge >= 0.3 is 5.97 Å². The fourth-order valence-corrected chi connectivity index (χ4v) is 3.09. The van der Waals surface area contributed by atoms with Crippen molar-refractivity contribution >= 4 is 28.3 Å². The molecule has 29 heavy (non-hydrogen) atoms. The minimum Gasteiger partial charge on any atom is -0.493 e. The lowest BCUT2D eigenvalue weighted by atomic mass is 9.99. The number of aromatic hydroxyl groups is 1. The number of carboxylic acid groups (broad SMARTS) is 1. The Labute approximate surface area is 164 Å². The monoisotopic (exact) mass is 389 g/mol. The SMILES string of the molecule is O=C(O)c1nc(O)ccc1NC(=O)c1ccc(Cn2ccnn2)c2ccccc12. The summed E-state index contributed by atoms with van der Waals surface area (Å²) in [5.74, 6) is -2.28. The highest BCUT2D eigenvalue weighted by atomic mass is 16.4. The first-order valence-corrected chi connectivity index (χ1v) is 8.62. The molecule has 0 aliphatic carbocycles. The van der Waals surface area contributed by atoms with Gasteiger partial charge in [0.25, 0.3) is 5.91 Å². The van der Waals surface area contributed by atoms with Crippen LogP contribution in [0.4, 0.5) is 5.69 Å². The number of rotatable bonds is 5. The molecule has 0 bridgehead atoms. The van der Waals surface area contributed by atoms with Gasteiger partial charge in [0.2, 0.25) is 5.88 Å². The zero-order chi connectivity index (χ0) is 20.4. The molecule has 9 heteroatoms. The Hall–Kier alpha value is -4.27. The lowest BCUT2D eigenvalue weighted by Gasteiger charge is -2.12. The van der Waals surface area contributed by atoms with E-state index in [1.165, 1.54) is 12.1 Å². The lowest BCUT2D eigenvalue weighted by Crippen LogP contribution is -2.16. The van der Waals surface area contributed by atoms with Crippen LogP contribution in [-0.2, 0) is 6.54 Å². The number of aromatic nitrogens is 4. The number of benzene rings is 2. The number of aromatic carboxylic acids is 1. The first-order valence-electron chi connectivity index (χ1n) is 8.62. The van der Waals surface area contributed by atoms with E-state index in [1.54, 1.807) is 23.1 Å². The van der Waals surface area contributed by atoms with Crippen LogP contribution in [0.25, 0.3) is 10.8 Å². The molecule has 0 fully saturated rings. The van der Waals surface area contributed by atoms with E-state index in [-0.39, 0.29) is 5.69 Å². The molecule has 0 radical (unpaired) electrons. The van der Waals surface area contributed by atoms with Gasteiger partial charge in [0, 0.05) is 17.8 Å². The van der Waals surface area contributed by atoms with Crippen LogP contribution in [0.2, 0.25) is 0 Å². The van der Waals surface area contributed by atoms with Crippen LogP contribution in [0.15, 0.2) is 60.9 Å². The predicted octanol–water partition coefficient (Wildman–Crippen LogP) is 2.53. The Morgan fingerprint density at radius 3 is 2.55 bits per heavy atom. The van der Waals surface area contributed by atoms with E-state index in [1.807, 2.05) is 30.3 Å². The predicted molar refractivity (Wildman–Crippen MR) is 104 cm³/mol. The van der Waals surface area contributed by atoms with Crippen LogP contribution in [0.5, 0.6) is 5.88 Å². The molecule has 4 rings (SSSR count). The van der Waals surface area contributed by atoms with Gasteiger partial charge in [-0.2, -0.15) is 0 Å². The number of nitrogens with one attached hydrogen (secondary N) is 1. The van der Waals surface area contributed by atoms with Crippen molar-refractivity contribution in [2.24, 2.45) is 0 Å². The average Bonchev–Trinajstić information content (AvgIpc) is 3.22. The number of carbonyl (C=O) groups excluding carboxylic acids is 1. The summed E-state index contributed by atoms with van der Waals surface area (Å²) in [5.41, 5.74) is 0.897. The number of hydrogen-bond donors (Lipinski definition) is 3. The Balaban J connectivity index is 1.71. The van der Waals surface area contributed by atoms with Gasteiger partial charge in [-0.3, -0.25) is 4.79 Å². The summed E-state index contributed by atoms with van der Waals surface area (Å²) in [4.78, 5) is 27.8. The molecule has 2 aromatic carbocycles. The molecule has 0 spiro atoms. The fraction of sp³-hybridized carbons (Fsp3) is 0.0500. The summed E-state index contributed by atoms with van der Waals surface area (Å²) in [6.45, 7) is 0.494. The summed E-state index contributed by atoms with van der Waals surface area (Å²) in [6, 6.07) is 13.4. The van der Waals surface area contributed by atoms with Crippen molar-refractivity contribution in [1.82, 2.24) is 20.0 Å². The molecule has 4 aromatic rings. The Morgan fingerprint density at radius 1 is 1.03 bits per heavy atom. The third-order valence-corrected chi connectivity index (χ3v) is 4.39. The van der Waals surface area contributed by atoms with Crippen molar-refractivity contribution in [3.63, 3.8) is 0 Å². The highest BCUT2D eigenvalue weighted by molar-refractivity contribution is 6.14. The quantitative estimate of drug-likeness (QED) is 0.478. The normalized spacial score (nSPS) is 10.8. The molecule has 0 unspecified atom stereocenters. The number of anilines is 1. The van der Waals surface area contributed by atoms with Gasteiger partial charge in [-0.1, -0.05) is 35.5 Å². The Kier molecular flexibility index (Phi) is 4.62. The second-order valence-electron chi connectivity index (χ2n) is 6.24. The van der Waals surface area contributed by atoms with E-state index in [9.17, 15) is 19.8 Å². The maximum absolute atomic E-state index is 12.9. The Bertz CT molecular complexity index is 1220. The highest BCUT2D eigenvalue weighted by Crippen LogP contribution is 2.25. The molecular formula is C20H15N5O4. The molecule has 3 N–H and O–H groups in total. The number of fused-ring (bicyclic) bond motifs is 1. The van der Waals surface area contributed by atoms with Gasteiger partial charge in [-0.05, 0) is 28.5 Å². The molecule has 1 amide bonds. The zero-order valence-corrected chi connectivity index (χ0v) is 15.0. The number of carboxylic acids is 1. The van der Waals surface area contributed by atoms with Crippen molar-refractivity contribution in [3.8, 4) is 5.88 Å². The van der Waals surface area contributed by atoms with Crippen LogP contribution in [0.1, 0.15) is 26.4 Å². The van der Waals surface area contributed by atoms with E-state index in [0.717, 1.165) is 10.9 Å². The molecule has 2 heterocycles. The van der Waals surface area contributed by atoms with Gasteiger partial charge in [0.05, 0.1) is 18.4 Å². The first-order chi connectivity index (χ1) is 14.0. The summed E-state index contributed by atoms with van der Waals surface area (Å²) >= 11 is 0. The fourth-order valence-electron chi connectivity index (χ4n) is 3.09. The number of hydrogen-bond acceptors (Lipinski definition) is 6. The molecule has 0 saturated heterocycles. The third kappa shape index (κ3) is 3.61. The number of pyridine rings is 1. The van der Waals surface area contributed by atoms with Gasteiger partial charge in [0.1, 0.15) is 0 Å². The van der Waals surface area contributed by atoms with Crippen LogP contribution >= 0.6 is 0 Å². The maximum atomic E-state index is 12.9. The first kappa shape index (κ1) is 18.1. The molecule has 0 saturated carbocycles. The van der Waals surface area contributed by atoms with Gasteiger partial charge in [0.15, 0.2) is 5.69 Å². The van der Waals surface area contributed by atoms with E-state index in [2.05, 4.69) is 20.6 Å². The smallest absolute Gasteiger partial charge is 0.356 e. The third-order valence-electron chi connectivity index (χ3n) is 4.39. The van der Waals surface area contributed by atoms with Crippen LogP contribution in [0.3, 0.4) is 0 Å². The van der Waals surface area contributed by atoms with Gasteiger partial charge in [-0.25, -0.2) is 14.5 Å². The van der Waals surface area contributed by atoms with Crippen molar-refractivity contribution in [3.05, 3.63) is 77.7 Å². The molecule has 9 nitrogen and oxygen atoms in total. The standard InChI is InChI=1S/C20H15N5O4/c26-17-8-7-16(18(23-17)20(28)29)22-19(27)15-6-5-12(11-25-10-9-21-24-25)13-3-1-2-4-14(13)15/h1-10H,11H2,(H,22,27)(H,23,26)(H,28,29). The minimum atomic E-state index is -1.36. The molecule has 0 aliphatic heterocycles. The van der Waals surface area contributed by atoms with E-state index in [0.29, 0.717) is 17.5 Å². The summed E-state index contributed by atoms with van der Waals surface area (Å²) in [5, 5.41) is 30.6. The number of carbonyl (C=O) groups is 2. The second-order valence-corrected chi connectivity index (χ2v) is 6.24. The minimum absolute atomic E-state index is 0.00364. The van der Waals surface area contributed by atoms with Crippen LogP contribution in [-0.4, -0.2) is 42.1 Å². The lowest BCUT2D eigenvalue weighted by molar-refractivity contribution is 0.0690. The average molecular weight is 389 g/mol. The molecular weight excluding hydrogens is 374 g/mol. The second kappa shape index (κ2) is 7.39. The van der Waals surface area contributed by atoms with Crippen LogP contribution in [0, 0.1) is 0 Å². The zero-order valence-electron chi connectivity index (χ0n) is 15.0. The van der Waals surface area contributed by atoms with E-state index in [4.69, 9.17) is 0 Å². The largest absolute Gasteiger partial charge is 0.493 e.